The number of esters is 2. The molecule has 0 spiro atoms. The fourth-order valence-electron chi connectivity index (χ4n) is 10.7. The van der Waals surface area contributed by atoms with Crippen molar-refractivity contribution in [2.45, 2.75) is 121 Å². The highest BCUT2D eigenvalue weighted by Gasteiger charge is 2.70. The first kappa shape index (κ1) is 28.2. The maximum absolute atomic E-state index is 12.5. The van der Waals surface area contributed by atoms with E-state index >= 15 is 0 Å². The molecule has 13 atom stereocenters. The number of cyclic esters (lactones) is 1. The van der Waals surface area contributed by atoms with Crippen molar-refractivity contribution < 1.29 is 48.6 Å². The maximum atomic E-state index is 12.5. The third-order valence-corrected chi connectivity index (χ3v) is 12.6. The molecule has 0 radical (unpaired) electrons. The molecular weight excluding hydrogens is 532 g/mol. The smallest absolute Gasteiger partial charge is 0.331 e. The summed E-state index contributed by atoms with van der Waals surface area (Å²) in [6.07, 6.45) is 4.84. The van der Waals surface area contributed by atoms with Crippen molar-refractivity contribution in [2.24, 2.45) is 34.5 Å². The van der Waals surface area contributed by atoms with E-state index in [1.54, 1.807) is 6.08 Å². The summed E-state index contributed by atoms with van der Waals surface area (Å²) in [5.74, 6) is -2.36. The van der Waals surface area contributed by atoms with Crippen LogP contribution < -0.4 is 0 Å². The first-order valence-corrected chi connectivity index (χ1v) is 15.5. The van der Waals surface area contributed by atoms with Gasteiger partial charge in [0.25, 0.3) is 5.79 Å². The van der Waals surface area contributed by atoms with Gasteiger partial charge in [-0.15, -0.1) is 0 Å². The molecule has 0 aromatic rings. The SMILES string of the molecule is CC(=O)OC1CC(C)OC2OC3CC4CCC5C(CCC6(C)C(C7=CC(=O)OC7)CCC56O)C4(CO)CC3OC12O. The summed E-state index contributed by atoms with van der Waals surface area (Å²) in [6, 6.07) is 0. The van der Waals surface area contributed by atoms with Crippen molar-refractivity contribution in [3.63, 3.8) is 0 Å². The highest BCUT2D eigenvalue weighted by atomic mass is 16.8. The molecular formula is C31H44O10. The van der Waals surface area contributed by atoms with E-state index in [4.69, 9.17) is 23.7 Å². The van der Waals surface area contributed by atoms with E-state index in [2.05, 4.69) is 6.92 Å². The van der Waals surface area contributed by atoms with Crippen molar-refractivity contribution in [1.82, 2.24) is 0 Å². The number of hydrogen-bond acceptors (Lipinski definition) is 10. The average Bonchev–Trinajstić information content (AvgIpc) is 3.46. The van der Waals surface area contributed by atoms with E-state index < -0.39 is 41.3 Å². The van der Waals surface area contributed by atoms with Gasteiger partial charge in [-0.05, 0) is 87.5 Å². The molecule has 10 heteroatoms. The van der Waals surface area contributed by atoms with Crippen molar-refractivity contribution in [2.75, 3.05) is 13.2 Å². The molecule has 0 aromatic carbocycles. The van der Waals surface area contributed by atoms with Crippen LogP contribution in [-0.2, 0) is 33.3 Å². The number of carbonyl (C=O) groups is 2. The summed E-state index contributed by atoms with van der Waals surface area (Å²) >= 11 is 0. The van der Waals surface area contributed by atoms with Crippen LogP contribution in [0.5, 0.6) is 0 Å². The monoisotopic (exact) mass is 576 g/mol. The van der Waals surface area contributed by atoms with Gasteiger partial charge in [0, 0.05) is 36.9 Å². The van der Waals surface area contributed by atoms with Gasteiger partial charge in [0.05, 0.1) is 23.9 Å². The van der Waals surface area contributed by atoms with Crippen LogP contribution in [0, 0.1) is 34.5 Å². The second-order valence-corrected chi connectivity index (χ2v) is 14.3. The Morgan fingerprint density at radius 1 is 1.07 bits per heavy atom. The van der Waals surface area contributed by atoms with Crippen LogP contribution in [0.1, 0.15) is 78.6 Å². The third-order valence-electron chi connectivity index (χ3n) is 12.6. The molecule has 4 aliphatic carbocycles. The molecule has 3 aliphatic heterocycles. The molecule has 0 amide bonds. The van der Waals surface area contributed by atoms with Crippen molar-refractivity contribution in [1.29, 1.82) is 0 Å². The molecule has 13 unspecified atom stereocenters. The Bertz CT molecular complexity index is 1140. The molecule has 3 N–H and O–H groups in total. The lowest BCUT2D eigenvalue weighted by atomic mass is 9.42. The van der Waals surface area contributed by atoms with E-state index in [9.17, 15) is 24.9 Å². The van der Waals surface area contributed by atoms with Gasteiger partial charge in [0.1, 0.15) is 6.61 Å². The molecule has 0 aromatic heterocycles. The van der Waals surface area contributed by atoms with Crippen LogP contribution in [0.3, 0.4) is 0 Å². The Morgan fingerprint density at radius 3 is 2.59 bits per heavy atom. The lowest BCUT2D eigenvalue weighted by Gasteiger charge is -2.66. The summed E-state index contributed by atoms with van der Waals surface area (Å²) in [5.41, 5.74) is -0.760. The standard InChI is InChI=1S/C31H44O10/c1-16-10-25(39-17(2)33)31(36)27(38-16)40-23-12-19-4-5-22-21(29(19,15-32)13-24(23)41-31)6-8-28(3)20(7-9-30(22,28)35)18-11-26(34)37-14-18/h11,16,19-25,27,32,35-36H,4-10,12-15H2,1-3H3. The minimum atomic E-state index is -1.94. The largest absolute Gasteiger partial charge is 0.458 e. The van der Waals surface area contributed by atoms with E-state index in [1.807, 2.05) is 6.92 Å². The molecule has 2 saturated heterocycles. The minimum Gasteiger partial charge on any atom is -0.458 e. The van der Waals surface area contributed by atoms with E-state index in [-0.39, 0.29) is 60.3 Å². The summed E-state index contributed by atoms with van der Waals surface area (Å²) in [5, 5.41) is 35.4. The predicted octanol–water partition coefficient (Wildman–Crippen LogP) is 2.36. The lowest BCUT2D eigenvalue weighted by Crippen LogP contribution is -2.71. The summed E-state index contributed by atoms with van der Waals surface area (Å²) in [7, 11) is 0. The molecule has 6 fully saturated rings. The molecule has 0 bridgehead atoms. The Balaban J connectivity index is 1.17. The van der Waals surface area contributed by atoms with Crippen molar-refractivity contribution >= 4 is 11.9 Å². The van der Waals surface area contributed by atoms with Crippen LogP contribution in [-0.4, -0.2) is 82.6 Å². The van der Waals surface area contributed by atoms with Gasteiger partial charge in [-0.1, -0.05) is 6.92 Å². The number of hydrogen-bond donors (Lipinski definition) is 3. The van der Waals surface area contributed by atoms with Gasteiger partial charge in [-0.2, -0.15) is 0 Å². The predicted molar refractivity (Wildman–Crippen MR) is 142 cm³/mol. The number of carbonyl (C=O) groups excluding carboxylic acids is 2. The van der Waals surface area contributed by atoms with Crippen molar-refractivity contribution in [3.05, 3.63) is 11.6 Å². The van der Waals surface area contributed by atoms with Gasteiger partial charge in [0.2, 0.25) is 6.29 Å². The Morgan fingerprint density at radius 2 is 1.88 bits per heavy atom. The van der Waals surface area contributed by atoms with Gasteiger partial charge < -0.3 is 39.0 Å². The first-order chi connectivity index (χ1) is 19.4. The molecule has 41 heavy (non-hydrogen) atoms. The molecule has 4 saturated carbocycles. The average molecular weight is 577 g/mol. The number of fused-ring (bicyclic) bond motifs is 7. The zero-order valence-corrected chi connectivity index (χ0v) is 24.3. The van der Waals surface area contributed by atoms with E-state index in [0.717, 1.165) is 37.7 Å². The number of ether oxygens (including phenoxy) is 5. The second-order valence-electron chi connectivity index (χ2n) is 14.3. The first-order valence-electron chi connectivity index (χ1n) is 15.5. The molecule has 3 heterocycles. The molecule has 228 valence electrons. The van der Waals surface area contributed by atoms with Gasteiger partial charge in [-0.25, -0.2) is 4.79 Å². The van der Waals surface area contributed by atoms with Crippen LogP contribution >= 0.6 is 0 Å². The quantitative estimate of drug-likeness (QED) is 0.339. The Labute approximate surface area is 240 Å². The van der Waals surface area contributed by atoms with Crippen LogP contribution in [0.2, 0.25) is 0 Å². The zero-order chi connectivity index (χ0) is 28.9. The number of aliphatic hydroxyl groups excluding tert-OH is 1. The molecule has 7 aliphatic rings. The van der Waals surface area contributed by atoms with Crippen molar-refractivity contribution in [3.8, 4) is 0 Å². The third kappa shape index (κ3) is 3.90. The normalized spacial score (nSPS) is 54.0. The number of rotatable bonds is 3. The van der Waals surface area contributed by atoms with Gasteiger partial charge >= 0.3 is 11.9 Å². The van der Waals surface area contributed by atoms with Crippen LogP contribution in [0.25, 0.3) is 0 Å². The second kappa shape index (κ2) is 9.47. The lowest BCUT2D eigenvalue weighted by molar-refractivity contribution is -0.458. The molecule has 10 nitrogen and oxygen atoms in total. The van der Waals surface area contributed by atoms with Crippen LogP contribution in [0.4, 0.5) is 0 Å². The Kier molecular flexibility index (Phi) is 6.52. The fourth-order valence-corrected chi connectivity index (χ4v) is 10.7. The van der Waals surface area contributed by atoms with Gasteiger partial charge in [-0.3, -0.25) is 4.79 Å². The zero-order valence-electron chi connectivity index (χ0n) is 24.3. The van der Waals surface area contributed by atoms with Gasteiger partial charge in [0.15, 0.2) is 6.10 Å². The topological polar surface area (TPSA) is 141 Å². The fraction of sp³-hybridized carbons (Fsp3) is 0.871. The maximum Gasteiger partial charge on any atom is 0.331 e. The van der Waals surface area contributed by atoms with Crippen LogP contribution in [0.15, 0.2) is 11.6 Å². The minimum absolute atomic E-state index is 0.0119. The van der Waals surface area contributed by atoms with E-state index in [1.165, 1.54) is 6.92 Å². The highest BCUT2D eigenvalue weighted by molar-refractivity contribution is 5.85. The highest BCUT2D eigenvalue weighted by Crippen LogP contribution is 2.70. The number of aliphatic hydroxyl groups is 3. The Hall–Kier alpha value is -1.56. The van der Waals surface area contributed by atoms with E-state index in [0.29, 0.717) is 25.9 Å². The summed E-state index contributed by atoms with van der Waals surface area (Å²) in [6.45, 7) is 5.63. The molecule has 7 rings (SSSR count). The summed E-state index contributed by atoms with van der Waals surface area (Å²) in [4.78, 5) is 23.8. The summed E-state index contributed by atoms with van der Waals surface area (Å²) < 4.78 is 29.5.